The molecular weight excluding hydrogens is 421 g/mol. The molecule has 3 N–H and O–H groups in total. The van der Waals surface area contributed by atoms with Crippen LogP contribution in [-0.4, -0.2) is 29.8 Å². The number of hydrogen-bond donors (Lipinski definition) is 2. The van der Waals surface area contributed by atoms with E-state index in [0.717, 1.165) is 18.2 Å². The minimum Gasteiger partial charge on any atom is -0.321 e. The molecule has 0 bridgehead atoms. The molecule has 0 aliphatic carbocycles. The molecule has 30 heavy (non-hydrogen) atoms. The van der Waals surface area contributed by atoms with Gasteiger partial charge in [0.25, 0.3) is 5.91 Å². The van der Waals surface area contributed by atoms with Crippen LogP contribution in [0.3, 0.4) is 0 Å². The van der Waals surface area contributed by atoms with E-state index in [-0.39, 0.29) is 11.3 Å². The summed E-state index contributed by atoms with van der Waals surface area (Å²) in [5.74, 6) is -4.77. The molecule has 0 aliphatic heterocycles. The van der Waals surface area contributed by atoms with Crippen LogP contribution < -0.4 is 11.1 Å². The Morgan fingerprint density at radius 2 is 1.83 bits per heavy atom. The standard InChI is InChI=1S/C19H19F3N4O3S/c1-18(2,9-23)30(28,29)10-19(3,24)13-7-12(4-5-14(13)21)26-17(27)16-15(22)6-11(20)8-25-16/h4-8H,10,24H2,1-3H3,(H,26,27)/t19-/m0/s1. The van der Waals surface area contributed by atoms with Gasteiger partial charge in [0.05, 0.1) is 23.6 Å². The van der Waals surface area contributed by atoms with E-state index >= 15 is 0 Å². The van der Waals surface area contributed by atoms with Gasteiger partial charge in [-0.2, -0.15) is 5.26 Å². The Balaban J connectivity index is 2.36. The number of halogens is 3. The molecule has 0 unspecified atom stereocenters. The second-order valence-electron chi connectivity index (χ2n) is 7.43. The van der Waals surface area contributed by atoms with Gasteiger partial charge in [0.1, 0.15) is 11.6 Å². The van der Waals surface area contributed by atoms with Crippen LogP contribution in [0.4, 0.5) is 18.9 Å². The molecule has 1 heterocycles. The molecule has 1 aromatic heterocycles. The fraction of sp³-hybridized carbons (Fsp3) is 0.316. The number of nitrogens with two attached hydrogens (primary N) is 1. The van der Waals surface area contributed by atoms with Crippen molar-refractivity contribution in [2.45, 2.75) is 31.1 Å². The van der Waals surface area contributed by atoms with Gasteiger partial charge < -0.3 is 11.1 Å². The number of rotatable bonds is 6. The highest BCUT2D eigenvalue weighted by atomic mass is 32.2. The molecule has 1 atom stereocenters. The SMILES string of the molecule is CC(C)(C#N)S(=O)(=O)C[C@](C)(N)c1cc(NC(=O)c2ncc(F)cc2F)ccc1F. The minimum absolute atomic E-state index is 0.0180. The third kappa shape index (κ3) is 4.77. The predicted octanol–water partition coefficient (Wildman–Crippen LogP) is 2.64. The minimum atomic E-state index is -4.06. The summed E-state index contributed by atoms with van der Waals surface area (Å²) in [7, 11) is -4.06. The van der Waals surface area contributed by atoms with Gasteiger partial charge in [-0.05, 0) is 39.0 Å². The topological polar surface area (TPSA) is 126 Å². The lowest BCUT2D eigenvalue weighted by molar-refractivity contribution is 0.101. The number of amides is 1. The van der Waals surface area contributed by atoms with Gasteiger partial charge in [-0.1, -0.05) is 0 Å². The average Bonchev–Trinajstić information content (AvgIpc) is 2.62. The monoisotopic (exact) mass is 440 g/mol. The molecule has 0 saturated heterocycles. The van der Waals surface area contributed by atoms with E-state index in [0.29, 0.717) is 12.3 Å². The Morgan fingerprint density at radius 3 is 2.40 bits per heavy atom. The van der Waals surface area contributed by atoms with Crippen molar-refractivity contribution in [3.05, 3.63) is 59.2 Å². The number of nitriles is 1. The first-order valence-electron chi connectivity index (χ1n) is 8.55. The van der Waals surface area contributed by atoms with Crippen LogP contribution in [0.25, 0.3) is 0 Å². The zero-order chi connectivity index (χ0) is 22.9. The van der Waals surface area contributed by atoms with E-state index in [9.17, 15) is 26.4 Å². The number of anilines is 1. The van der Waals surface area contributed by atoms with E-state index < -0.39 is 54.9 Å². The molecule has 0 spiro atoms. The van der Waals surface area contributed by atoms with E-state index in [1.54, 1.807) is 6.07 Å². The molecule has 0 radical (unpaired) electrons. The van der Waals surface area contributed by atoms with Gasteiger partial charge in [-0.3, -0.25) is 4.79 Å². The lowest BCUT2D eigenvalue weighted by atomic mass is 9.94. The normalized spacial score (nSPS) is 13.9. The van der Waals surface area contributed by atoms with Gasteiger partial charge in [-0.25, -0.2) is 26.6 Å². The van der Waals surface area contributed by atoms with Crippen LogP contribution in [0.1, 0.15) is 36.8 Å². The zero-order valence-electron chi connectivity index (χ0n) is 16.3. The van der Waals surface area contributed by atoms with Crippen molar-refractivity contribution in [3.63, 3.8) is 0 Å². The summed E-state index contributed by atoms with van der Waals surface area (Å²) in [5.41, 5.74) is 3.37. The van der Waals surface area contributed by atoms with Gasteiger partial charge in [0, 0.05) is 17.3 Å². The van der Waals surface area contributed by atoms with Crippen LogP contribution in [0.15, 0.2) is 30.5 Å². The Labute approximate surface area is 171 Å². The quantitative estimate of drug-likeness (QED) is 0.711. The first-order chi connectivity index (χ1) is 13.7. The average molecular weight is 440 g/mol. The fourth-order valence-electron chi connectivity index (χ4n) is 2.54. The van der Waals surface area contributed by atoms with Crippen molar-refractivity contribution in [3.8, 4) is 6.07 Å². The van der Waals surface area contributed by atoms with E-state index in [4.69, 9.17) is 11.0 Å². The number of nitrogens with one attached hydrogen (secondary N) is 1. The van der Waals surface area contributed by atoms with Crippen LogP contribution >= 0.6 is 0 Å². The predicted molar refractivity (Wildman–Crippen MR) is 104 cm³/mol. The first-order valence-corrected chi connectivity index (χ1v) is 10.2. The summed E-state index contributed by atoms with van der Waals surface area (Å²) >= 11 is 0. The molecule has 160 valence electrons. The Morgan fingerprint density at radius 1 is 1.20 bits per heavy atom. The van der Waals surface area contributed by atoms with Crippen LogP contribution in [-0.2, 0) is 15.4 Å². The van der Waals surface area contributed by atoms with Gasteiger partial charge in [0.15, 0.2) is 26.1 Å². The maximum Gasteiger partial charge on any atom is 0.277 e. The molecule has 1 amide bonds. The maximum absolute atomic E-state index is 14.4. The summed E-state index contributed by atoms with van der Waals surface area (Å²) in [5, 5.41) is 11.4. The number of carbonyl (C=O) groups is 1. The van der Waals surface area contributed by atoms with Gasteiger partial charge in [0.2, 0.25) is 0 Å². The van der Waals surface area contributed by atoms with E-state index in [1.807, 2.05) is 0 Å². The van der Waals surface area contributed by atoms with Crippen molar-refractivity contribution in [2.24, 2.45) is 5.73 Å². The Kier molecular flexibility index (Phi) is 6.25. The van der Waals surface area contributed by atoms with Gasteiger partial charge in [-0.15, -0.1) is 0 Å². The highest BCUT2D eigenvalue weighted by Gasteiger charge is 2.40. The van der Waals surface area contributed by atoms with Crippen molar-refractivity contribution >= 4 is 21.4 Å². The van der Waals surface area contributed by atoms with Crippen LogP contribution in [0, 0.1) is 28.8 Å². The maximum atomic E-state index is 14.4. The zero-order valence-corrected chi connectivity index (χ0v) is 17.1. The van der Waals surface area contributed by atoms with Crippen molar-refractivity contribution < 1.29 is 26.4 Å². The van der Waals surface area contributed by atoms with Crippen molar-refractivity contribution in [1.29, 1.82) is 5.26 Å². The van der Waals surface area contributed by atoms with Crippen molar-refractivity contribution in [1.82, 2.24) is 4.98 Å². The lowest BCUT2D eigenvalue weighted by Gasteiger charge is -2.29. The molecule has 2 aromatic rings. The molecule has 1 aromatic carbocycles. The molecule has 0 saturated carbocycles. The number of hydrogen-bond acceptors (Lipinski definition) is 6. The van der Waals surface area contributed by atoms with E-state index in [1.165, 1.54) is 20.8 Å². The fourth-order valence-corrected chi connectivity index (χ4v) is 3.98. The molecule has 0 fully saturated rings. The second-order valence-corrected chi connectivity index (χ2v) is 9.97. The highest BCUT2D eigenvalue weighted by Crippen LogP contribution is 2.29. The van der Waals surface area contributed by atoms with Gasteiger partial charge >= 0.3 is 0 Å². The number of nitrogens with zero attached hydrogens (tertiary/aromatic N) is 2. The summed E-state index contributed by atoms with van der Waals surface area (Å²) in [6, 6.07) is 5.36. The molecule has 11 heteroatoms. The first kappa shape index (κ1) is 23.3. The highest BCUT2D eigenvalue weighted by molar-refractivity contribution is 7.93. The molecule has 0 aliphatic rings. The largest absolute Gasteiger partial charge is 0.321 e. The smallest absolute Gasteiger partial charge is 0.277 e. The van der Waals surface area contributed by atoms with Crippen molar-refractivity contribution in [2.75, 3.05) is 11.1 Å². The number of benzene rings is 1. The lowest BCUT2D eigenvalue weighted by Crippen LogP contribution is -2.46. The van der Waals surface area contributed by atoms with E-state index in [2.05, 4.69) is 10.3 Å². The molecule has 2 rings (SSSR count). The number of carbonyl (C=O) groups excluding carboxylic acids is 1. The van der Waals surface area contributed by atoms with Crippen LogP contribution in [0.5, 0.6) is 0 Å². The Bertz CT molecular complexity index is 1140. The third-order valence-electron chi connectivity index (χ3n) is 4.40. The summed E-state index contributed by atoms with van der Waals surface area (Å²) in [6.45, 7) is 3.68. The number of aromatic nitrogens is 1. The summed E-state index contributed by atoms with van der Waals surface area (Å²) < 4.78 is 64.4. The Hall–Kier alpha value is -2.97. The number of pyridine rings is 1. The van der Waals surface area contributed by atoms with Crippen LogP contribution in [0.2, 0.25) is 0 Å². The molecule has 7 nitrogen and oxygen atoms in total. The summed E-state index contributed by atoms with van der Waals surface area (Å²) in [4.78, 5) is 15.6. The number of sulfone groups is 1. The third-order valence-corrected chi connectivity index (χ3v) is 7.03. The molecular formula is C19H19F3N4O3S. The second kappa shape index (κ2) is 8.04. The summed E-state index contributed by atoms with van der Waals surface area (Å²) in [6.07, 6.45) is 0.660.